The van der Waals surface area contributed by atoms with Crippen LogP contribution in [0.5, 0.6) is 0 Å². The molecule has 0 N–H and O–H groups in total. The van der Waals surface area contributed by atoms with E-state index in [1.54, 1.807) is 24.3 Å². The molecule has 3 atom stereocenters. The molecule has 0 unspecified atom stereocenters. The van der Waals surface area contributed by atoms with Crippen molar-refractivity contribution in [2.24, 2.45) is 5.92 Å². The van der Waals surface area contributed by atoms with Crippen molar-refractivity contribution in [3.05, 3.63) is 35.9 Å². The van der Waals surface area contributed by atoms with Gasteiger partial charge in [0, 0.05) is 12.5 Å². The van der Waals surface area contributed by atoms with Gasteiger partial charge in [-0.1, -0.05) is 43.2 Å². The van der Waals surface area contributed by atoms with Crippen LogP contribution in [0.15, 0.2) is 30.3 Å². The molecule has 1 amide bonds. The highest BCUT2D eigenvalue weighted by Gasteiger charge is 2.48. The zero-order valence-corrected chi connectivity index (χ0v) is 17.9. The lowest BCUT2D eigenvalue weighted by Gasteiger charge is -2.33. The van der Waals surface area contributed by atoms with Gasteiger partial charge in [0.05, 0.1) is 13.0 Å². The predicted octanol–water partition coefficient (Wildman–Crippen LogP) is 3.71. The summed E-state index contributed by atoms with van der Waals surface area (Å²) < 4.78 is 73.7. The van der Waals surface area contributed by atoms with Crippen molar-refractivity contribution in [2.45, 2.75) is 62.9 Å². The molecule has 2 aliphatic rings. The van der Waals surface area contributed by atoms with Gasteiger partial charge >= 0.3 is 21.8 Å². The van der Waals surface area contributed by atoms with Crippen molar-refractivity contribution in [3.63, 3.8) is 0 Å². The number of alkyl halides is 3. The van der Waals surface area contributed by atoms with Crippen molar-refractivity contribution in [1.29, 1.82) is 0 Å². The van der Waals surface area contributed by atoms with Crippen molar-refractivity contribution < 1.29 is 44.8 Å². The molecule has 0 aromatic heterocycles. The molecule has 1 heterocycles. The van der Waals surface area contributed by atoms with E-state index in [-0.39, 0.29) is 18.6 Å². The molecule has 32 heavy (non-hydrogen) atoms. The molecule has 1 aromatic rings. The van der Waals surface area contributed by atoms with Crippen LogP contribution in [0.25, 0.3) is 0 Å². The Morgan fingerprint density at radius 2 is 1.78 bits per heavy atom. The largest absolute Gasteiger partial charge is 0.523 e. The monoisotopic (exact) mass is 479 g/mol. The maximum absolute atomic E-state index is 12.7. The molecule has 0 radical (unpaired) electrons. The Morgan fingerprint density at radius 3 is 2.47 bits per heavy atom. The first-order valence-corrected chi connectivity index (χ1v) is 11.6. The van der Waals surface area contributed by atoms with Gasteiger partial charge in [-0.15, -0.1) is 0 Å². The van der Waals surface area contributed by atoms with E-state index in [2.05, 4.69) is 4.18 Å². The number of rotatable bonds is 7. The lowest BCUT2D eigenvalue weighted by atomic mass is 9.85. The molecule has 1 aliphatic carbocycles. The summed E-state index contributed by atoms with van der Waals surface area (Å²) in [6, 6.07) is 8.68. The molecule has 8 nitrogen and oxygen atoms in total. The lowest BCUT2D eigenvalue weighted by Crippen LogP contribution is -2.45. The van der Waals surface area contributed by atoms with Gasteiger partial charge in [0.1, 0.15) is 6.61 Å². The molecule has 3 rings (SSSR count). The third-order valence-electron chi connectivity index (χ3n) is 5.60. The third-order valence-corrected chi connectivity index (χ3v) is 6.64. The number of ether oxygens (including phenoxy) is 2. The average molecular weight is 479 g/mol. The van der Waals surface area contributed by atoms with Crippen molar-refractivity contribution in [1.82, 2.24) is 4.90 Å². The van der Waals surface area contributed by atoms with Gasteiger partial charge in [-0.3, -0.25) is 8.98 Å². The highest BCUT2D eigenvalue weighted by molar-refractivity contribution is 7.87. The number of amides is 1. The molecule has 1 saturated heterocycles. The third kappa shape index (κ3) is 5.91. The van der Waals surface area contributed by atoms with Gasteiger partial charge in [0.2, 0.25) is 5.91 Å². The Kier molecular flexibility index (Phi) is 7.65. The van der Waals surface area contributed by atoms with Crippen LogP contribution in [0.4, 0.5) is 18.0 Å². The van der Waals surface area contributed by atoms with Gasteiger partial charge in [-0.25, -0.2) is 4.79 Å². The molecule has 2 fully saturated rings. The molecule has 1 saturated carbocycles. The molecule has 1 aliphatic heterocycles. The summed E-state index contributed by atoms with van der Waals surface area (Å²) >= 11 is 0. The molecule has 1 aromatic carbocycles. The van der Waals surface area contributed by atoms with Gasteiger partial charge in [-0.05, 0) is 24.3 Å². The molecular weight excluding hydrogens is 455 g/mol. The summed E-state index contributed by atoms with van der Waals surface area (Å²) in [6.07, 6.45) is 1.19. The van der Waals surface area contributed by atoms with Crippen LogP contribution in [-0.4, -0.2) is 49.8 Å². The number of likely N-dealkylation sites (tertiary alicyclic amines) is 1. The van der Waals surface area contributed by atoms with Crippen molar-refractivity contribution in [3.8, 4) is 0 Å². The number of halogens is 3. The zero-order valence-electron chi connectivity index (χ0n) is 17.1. The predicted molar refractivity (Wildman–Crippen MR) is 104 cm³/mol. The van der Waals surface area contributed by atoms with Gasteiger partial charge in [0.25, 0.3) is 0 Å². The van der Waals surface area contributed by atoms with E-state index in [4.69, 9.17) is 9.47 Å². The summed E-state index contributed by atoms with van der Waals surface area (Å²) in [5, 5.41) is 0. The number of hydrogen-bond acceptors (Lipinski definition) is 7. The Morgan fingerprint density at radius 1 is 1.09 bits per heavy atom. The summed E-state index contributed by atoms with van der Waals surface area (Å²) in [6.45, 7) is -0.976. The first-order valence-electron chi connectivity index (χ1n) is 10.2. The topological polar surface area (TPSA) is 99.2 Å². The normalized spacial score (nSPS) is 23.5. The Balaban J connectivity index is 1.60. The highest BCUT2D eigenvalue weighted by atomic mass is 32.2. The molecule has 178 valence electrons. The van der Waals surface area contributed by atoms with Crippen molar-refractivity contribution in [2.75, 3.05) is 6.61 Å². The van der Waals surface area contributed by atoms with Crippen LogP contribution in [0.2, 0.25) is 0 Å². The van der Waals surface area contributed by atoms with Gasteiger partial charge < -0.3 is 14.4 Å². The van der Waals surface area contributed by atoms with Crippen LogP contribution >= 0.6 is 0 Å². The number of benzene rings is 1. The first kappa shape index (κ1) is 24.3. The lowest BCUT2D eigenvalue weighted by molar-refractivity contribution is -0.143. The summed E-state index contributed by atoms with van der Waals surface area (Å²) in [5.74, 6) is -0.558. The number of fused-ring (bicyclic) bond motifs is 1. The minimum atomic E-state index is -5.78. The Labute approximate surface area is 183 Å². The number of hydrogen-bond donors (Lipinski definition) is 0. The summed E-state index contributed by atoms with van der Waals surface area (Å²) in [7, 11) is -5.78. The van der Waals surface area contributed by atoms with Crippen molar-refractivity contribution >= 4 is 22.2 Å². The second-order valence-electron chi connectivity index (χ2n) is 7.72. The Bertz CT molecular complexity index is 908. The van der Waals surface area contributed by atoms with E-state index in [1.165, 1.54) is 4.90 Å². The van der Waals surface area contributed by atoms with Gasteiger partial charge in [0.15, 0.2) is 6.23 Å². The SMILES string of the molecule is O=C(OCc1ccccc1)O[C@H]1C[C@@H]2CCCC[C@H]2N1C(=O)CCOS(=O)(=O)C(F)(F)F. The minimum absolute atomic E-state index is 0.0175. The van der Waals surface area contributed by atoms with E-state index in [9.17, 15) is 31.2 Å². The van der Waals surface area contributed by atoms with Crippen LogP contribution < -0.4 is 0 Å². The smallest absolute Gasteiger partial charge is 0.429 e. The van der Waals surface area contributed by atoms with E-state index in [0.717, 1.165) is 24.8 Å². The number of carbonyl (C=O) groups excluding carboxylic acids is 2. The molecule has 0 spiro atoms. The van der Waals surface area contributed by atoms with E-state index >= 15 is 0 Å². The molecular formula is C20H24F3NO7S. The second-order valence-corrected chi connectivity index (χ2v) is 9.32. The standard InChI is InChI=1S/C20H24F3NO7S/c21-20(22,23)32(27,28)30-11-10-17(25)24-16-9-5-4-8-15(16)12-18(24)31-19(26)29-13-14-6-2-1-3-7-14/h1-3,6-7,15-16,18H,4-5,8-13H2/t15-,16+,18-/m0/s1. The average Bonchev–Trinajstić information content (AvgIpc) is 3.09. The van der Waals surface area contributed by atoms with Crippen LogP contribution in [0, 0.1) is 5.92 Å². The van der Waals surface area contributed by atoms with E-state index in [1.807, 2.05) is 6.07 Å². The fourth-order valence-electron chi connectivity index (χ4n) is 4.16. The van der Waals surface area contributed by atoms with Gasteiger partial charge in [-0.2, -0.15) is 21.6 Å². The van der Waals surface area contributed by atoms with E-state index < -0.39 is 46.9 Å². The quantitative estimate of drug-likeness (QED) is 0.334. The fraction of sp³-hybridized carbons (Fsp3) is 0.600. The number of carbonyl (C=O) groups is 2. The fourth-order valence-corrected chi connectivity index (χ4v) is 4.60. The summed E-state index contributed by atoms with van der Waals surface area (Å²) in [4.78, 5) is 26.3. The molecule has 0 bridgehead atoms. The maximum atomic E-state index is 12.7. The summed E-state index contributed by atoms with van der Waals surface area (Å²) in [5.41, 5.74) is -4.81. The van der Waals surface area contributed by atoms with Crippen LogP contribution in [0.3, 0.4) is 0 Å². The van der Waals surface area contributed by atoms with Crippen LogP contribution in [0.1, 0.15) is 44.1 Å². The zero-order chi connectivity index (χ0) is 23.4. The number of nitrogens with zero attached hydrogens (tertiary/aromatic N) is 1. The first-order chi connectivity index (χ1) is 15.1. The Hall–Kier alpha value is -2.34. The van der Waals surface area contributed by atoms with Crippen LogP contribution in [-0.2, 0) is 35.2 Å². The second kappa shape index (κ2) is 10.1. The minimum Gasteiger partial charge on any atom is -0.429 e. The molecule has 12 heteroatoms. The highest BCUT2D eigenvalue weighted by Crippen LogP contribution is 2.40. The van der Waals surface area contributed by atoms with E-state index in [0.29, 0.717) is 12.8 Å². The maximum Gasteiger partial charge on any atom is 0.523 e.